The predicted octanol–water partition coefficient (Wildman–Crippen LogP) is 8.86. The molecule has 0 spiro atoms. The van der Waals surface area contributed by atoms with Crippen LogP contribution in [0.25, 0.3) is 0 Å². The molecule has 2 atom stereocenters. The first-order valence-corrected chi connectivity index (χ1v) is 13.0. The Balaban J connectivity index is 3.50. The lowest BCUT2D eigenvalue weighted by molar-refractivity contribution is -0.137. The van der Waals surface area contributed by atoms with Gasteiger partial charge in [0.05, 0.1) is 6.10 Å². The molecule has 0 aromatic rings. The number of hydrogen-bond acceptors (Lipinski definition) is 2. The van der Waals surface area contributed by atoms with Gasteiger partial charge in [0.25, 0.3) is 0 Å². The standard InChI is InChI=1S/C25H49ClO3/c1-3-5-6-7-8-9-10-11-12-13-14-15-16-17-18-20-23(29-24(26)4-2)21-19-22-25(27)28/h23-24H,3-22H2,1-2H3,(H,27,28). The van der Waals surface area contributed by atoms with Crippen molar-refractivity contribution in [3.8, 4) is 0 Å². The molecular formula is C25H49ClO3. The van der Waals surface area contributed by atoms with E-state index in [-0.39, 0.29) is 18.1 Å². The monoisotopic (exact) mass is 432 g/mol. The Hall–Kier alpha value is -0.280. The van der Waals surface area contributed by atoms with E-state index in [4.69, 9.17) is 21.4 Å². The van der Waals surface area contributed by atoms with Crippen LogP contribution >= 0.6 is 11.6 Å². The molecule has 4 heteroatoms. The minimum atomic E-state index is -0.728. The predicted molar refractivity (Wildman–Crippen MR) is 126 cm³/mol. The molecule has 0 aliphatic heterocycles. The maximum atomic E-state index is 10.7. The molecule has 174 valence electrons. The van der Waals surface area contributed by atoms with Gasteiger partial charge in [0, 0.05) is 6.42 Å². The van der Waals surface area contributed by atoms with Crippen LogP contribution in [-0.2, 0) is 9.53 Å². The third-order valence-corrected chi connectivity index (χ3v) is 6.12. The highest BCUT2D eigenvalue weighted by Gasteiger charge is 2.14. The number of ether oxygens (including phenoxy) is 1. The highest BCUT2D eigenvalue weighted by atomic mass is 35.5. The number of carboxylic acids is 1. The van der Waals surface area contributed by atoms with E-state index in [0.29, 0.717) is 6.42 Å². The Kier molecular flexibility index (Phi) is 22.2. The third-order valence-electron chi connectivity index (χ3n) is 5.71. The quantitative estimate of drug-likeness (QED) is 0.129. The second-order valence-electron chi connectivity index (χ2n) is 8.60. The molecule has 0 amide bonds. The van der Waals surface area contributed by atoms with Crippen LogP contribution in [0.1, 0.15) is 142 Å². The zero-order valence-corrected chi connectivity index (χ0v) is 20.2. The van der Waals surface area contributed by atoms with Crippen molar-refractivity contribution in [2.24, 2.45) is 0 Å². The summed E-state index contributed by atoms with van der Waals surface area (Å²) in [6.45, 7) is 4.29. The summed E-state index contributed by atoms with van der Waals surface area (Å²) >= 11 is 6.13. The topological polar surface area (TPSA) is 46.5 Å². The van der Waals surface area contributed by atoms with Gasteiger partial charge in [-0.2, -0.15) is 0 Å². The van der Waals surface area contributed by atoms with Crippen LogP contribution in [0.15, 0.2) is 0 Å². The average molecular weight is 433 g/mol. The number of halogens is 1. The van der Waals surface area contributed by atoms with E-state index in [0.717, 1.165) is 25.7 Å². The zero-order chi connectivity index (χ0) is 21.6. The molecule has 0 radical (unpaired) electrons. The molecule has 0 saturated heterocycles. The first-order valence-electron chi connectivity index (χ1n) is 12.6. The minimum Gasteiger partial charge on any atom is -0.481 e. The Labute approximate surface area is 186 Å². The Morgan fingerprint density at radius 3 is 1.55 bits per heavy atom. The second kappa shape index (κ2) is 22.4. The summed E-state index contributed by atoms with van der Waals surface area (Å²) in [6.07, 6.45) is 24.1. The van der Waals surface area contributed by atoms with Crippen LogP contribution in [0.4, 0.5) is 0 Å². The summed E-state index contributed by atoms with van der Waals surface area (Å²) in [7, 11) is 0. The first kappa shape index (κ1) is 28.7. The fraction of sp³-hybridized carbons (Fsp3) is 0.960. The first-order chi connectivity index (χ1) is 14.1. The van der Waals surface area contributed by atoms with E-state index >= 15 is 0 Å². The van der Waals surface area contributed by atoms with Crippen LogP contribution in [0, 0.1) is 0 Å². The van der Waals surface area contributed by atoms with E-state index in [1.54, 1.807) is 0 Å². The van der Waals surface area contributed by atoms with E-state index in [9.17, 15) is 4.79 Å². The minimum absolute atomic E-state index is 0.110. The van der Waals surface area contributed by atoms with Crippen molar-refractivity contribution in [1.82, 2.24) is 0 Å². The van der Waals surface area contributed by atoms with Crippen molar-refractivity contribution < 1.29 is 14.6 Å². The summed E-state index contributed by atoms with van der Waals surface area (Å²) in [5.74, 6) is -0.728. The van der Waals surface area contributed by atoms with Crippen LogP contribution in [0.3, 0.4) is 0 Å². The molecule has 0 aromatic heterocycles. The molecule has 0 bridgehead atoms. The maximum Gasteiger partial charge on any atom is 0.303 e. The fourth-order valence-electron chi connectivity index (χ4n) is 3.81. The van der Waals surface area contributed by atoms with Crippen molar-refractivity contribution in [3.63, 3.8) is 0 Å². The number of rotatable bonds is 23. The van der Waals surface area contributed by atoms with E-state index < -0.39 is 5.97 Å². The van der Waals surface area contributed by atoms with E-state index in [1.165, 1.54) is 89.9 Å². The molecule has 0 heterocycles. The van der Waals surface area contributed by atoms with Crippen LogP contribution < -0.4 is 0 Å². The van der Waals surface area contributed by atoms with Crippen molar-refractivity contribution >= 4 is 17.6 Å². The molecule has 0 fully saturated rings. The highest BCUT2D eigenvalue weighted by Crippen LogP contribution is 2.19. The van der Waals surface area contributed by atoms with Gasteiger partial charge in [-0.1, -0.05) is 122 Å². The van der Waals surface area contributed by atoms with Gasteiger partial charge < -0.3 is 9.84 Å². The second-order valence-corrected chi connectivity index (χ2v) is 9.09. The SMILES string of the molecule is CCCCCCCCCCCCCCCCCC(CCCC(=O)O)OC(Cl)CC. The molecular weight excluding hydrogens is 384 g/mol. The van der Waals surface area contributed by atoms with E-state index in [2.05, 4.69) is 6.92 Å². The Morgan fingerprint density at radius 1 is 0.724 bits per heavy atom. The summed E-state index contributed by atoms with van der Waals surface area (Å²) in [6, 6.07) is 0. The molecule has 0 aliphatic rings. The lowest BCUT2D eigenvalue weighted by Gasteiger charge is -2.20. The number of hydrogen-bond donors (Lipinski definition) is 1. The Bertz CT molecular complexity index is 349. The van der Waals surface area contributed by atoms with Crippen LogP contribution in [0.2, 0.25) is 0 Å². The fourth-order valence-corrected chi connectivity index (χ4v) is 3.96. The van der Waals surface area contributed by atoms with E-state index in [1.807, 2.05) is 6.92 Å². The molecule has 3 nitrogen and oxygen atoms in total. The number of aliphatic carboxylic acids is 1. The van der Waals surface area contributed by atoms with Crippen LogP contribution in [0.5, 0.6) is 0 Å². The molecule has 1 N–H and O–H groups in total. The average Bonchev–Trinajstić information content (AvgIpc) is 2.70. The van der Waals surface area contributed by atoms with Crippen molar-refractivity contribution in [1.29, 1.82) is 0 Å². The van der Waals surface area contributed by atoms with Gasteiger partial charge in [0.2, 0.25) is 0 Å². The van der Waals surface area contributed by atoms with Crippen molar-refractivity contribution in [2.45, 2.75) is 154 Å². The lowest BCUT2D eigenvalue weighted by atomic mass is 10.0. The lowest BCUT2D eigenvalue weighted by Crippen LogP contribution is -2.18. The van der Waals surface area contributed by atoms with Gasteiger partial charge in [-0.15, -0.1) is 0 Å². The van der Waals surface area contributed by atoms with Gasteiger partial charge >= 0.3 is 5.97 Å². The normalized spacial score (nSPS) is 13.5. The van der Waals surface area contributed by atoms with Crippen molar-refractivity contribution in [3.05, 3.63) is 0 Å². The number of alkyl halides is 1. The summed E-state index contributed by atoms with van der Waals surface area (Å²) in [4.78, 5) is 10.7. The Morgan fingerprint density at radius 2 is 1.14 bits per heavy atom. The maximum absolute atomic E-state index is 10.7. The smallest absolute Gasteiger partial charge is 0.303 e. The summed E-state index contributed by atoms with van der Waals surface area (Å²) in [5.41, 5.74) is -0.249. The molecule has 29 heavy (non-hydrogen) atoms. The van der Waals surface area contributed by atoms with Gasteiger partial charge in [0.15, 0.2) is 0 Å². The number of carboxylic acid groups (broad SMARTS) is 1. The number of carbonyl (C=O) groups is 1. The van der Waals surface area contributed by atoms with Gasteiger partial charge in [-0.05, 0) is 25.7 Å². The highest BCUT2D eigenvalue weighted by molar-refractivity contribution is 6.19. The van der Waals surface area contributed by atoms with Crippen molar-refractivity contribution in [2.75, 3.05) is 0 Å². The largest absolute Gasteiger partial charge is 0.481 e. The third kappa shape index (κ3) is 22.2. The molecule has 2 unspecified atom stereocenters. The molecule has 0 saturated carbocycles. The van der Waals surface area contributed by atoms with Gasteiger partial charge in [-0.3, -0.25) is 4.79 Å². The molecule has 0 aliphatic carbocycles. The van der Waals surface area contributed by atoms with Gasteiger partial charge in [0.1, 0.15) is 5.56 Å². The molecule has 0 aromatic carbocycles. The molecule has 0 rings (SSSR count). The zero-order valence-electron chi connectivity index (χ0n) is 19.4. The number of unbranched alkanes of at least 4 members (excludes halogenated alkanes) is 14. The summed E-state index contributed by atoms with van der Waals surface area (Å²) < 4.78 is 5.87. The summed E-state index contributed by atoms with van der Waals surface area (Å²) in [5, 5.41) is 8.80. The van der Waals surface area contributed by atoms with Gasteiger partial charge in [-0.25, -0.2) is 0 Å². The van der Waals surface area contributed by atoms with Crippen LogP contribution in [-0.4, -0.2) is 22.7 Å².